The van der Waals surface area contributed by atoms with Crippen LogP contribution in [0.2, 0.25) is 0 Å². The molecule has 0 aliphatic heterocycles. The zero-order valence-electron chi connectivity index (χ0n) is 14.9. The molecule has 27 heavy (non-hydrogen) atoms. The number of sulfone groups is 1. The molecule has 0 heterocycles. The van der Waals surface area contributed by atoms with Crippen LogP contribution in [0, 0.1) is 17.8 Å². The summed E-state index contributed by atoms with van der Waals surface area (Å²) in [6, 6.07) is 29.2. The van der Waals surface area contributed by atoms with E-state index in [0.29, 0.717) is 4.90 Å². The van der Waals surface area contributed by atoms with Crippen LogP contribution in [0.25, 0.3) is 0 Å². The van der Waals surface area contributed by atoms with Gasteiger partial charge in [-0.2, -0.15) is 0 Å². The first-order chi connectivity index (χ1) is 13.1. The van der Waals surface area contributed by atoms with Gasteiger partial charge in [0.2, 0.25) is 0 Å². The molecule has 0 N–H and O–H groups in total. The van der Waals surface area contributed by atoms with Crippen molar-refractivity contribution in [3.63, 3.8) is 0 Å². The minimum Gasteiger partial charge on any atom is -0.223 e. The van der Waals surface area contributed by atoms with Gasteiger partial charge in [0.05, 0.1) is 4.90 Å². The fourth-order valence-corrected chi connectivity index (χ4v) is 4.70. The molecule has 134 valence electrons. The largest absolute Gasteiger partial charge is 0.223 e. The van der Waals surface area contributed by atoms with E-state index in [1.807, 2.05) is 42.5 Å². The van der Waals surface area contributed by atoms with Crippen LogP contribution in [0.3, 0.4) is 0 Å². The van der Waals surface area contributed by atoms with Gasteiger partial charge in [0.15, 0.2) is 9.84 Å². The van der Waals surface area contributed by atoms with E-state index in [4.69, 9.17) is 0 Å². The van der Waals surface area contributed by atoms with Gasteiger partial charge in [-0.25, -0.2) is 8.42 Å². The molecule has 1 aliphatic carbocycles. The number of rotatable bonds is 4. The molecule has 2 nitrogen and oxygen atoms in total. The van der Waals surface area contributed by atoms with E-state index in [1.165, 1.54) is 11.1 Å². The molecule has 1 fully saturated rings. The Kier molecular flexibility index (Phi) is 4.59. The molecule has 3 aromatic rings. The van der Waals surface area contributed by atoms with Gasteiger partial charge in [-0.15, -0.1) is 0 Å². The molecule has 0 radical (unpaired) electrons. The minimum atomic E-state index is -3.37. The normalized spacial score (nSPS) is 17.6. The van der Waals surface area contributed by atoms with E-state index in [9.17, 15) is 8.42 Å². The van der Waals surface area contributed by atoms with Gasteiger partial charge in [0, 0.05) is 11.3 Å². The van der Waals surface area contributed by atoms with Crippen LogP contribution in [0.1, 0.15) is 17.5 Å². The second-order valence-electron chi connectivity index (χ2n) is 6.85. The maximum absolute atomic E-state index is 12.4. The van der Waals surface area contributed by atoms with E-state index in [-0.39, 0.29) is 17.1 Å². The van der Waals surface area contributed by atoms with Crippen molar-refractivity contribution in [1.29, 1.82) is 0 Å². The molecule has 1 saturated carbocycles. The molecular formula is C24H20O2S. The summed E-state index contributed by atoms with van der Waals surface area (Å²) in [7, 11) is -3.37. The fraction of sp³-hybridized carbons (Fsp3) is 0.167. The van der Waals surface area contributed by atoms with Gasteiger partial charge < -0.3 is 0 Å². The highest BCUT2D eigenvalue weighted by Gasteiger charge is 2.55. The molecule has 0 spiro atoms. The van der Waals surface area contributed by atoms with Crippen LogP contribution >= 0.6 is 0 Å². The van der Waals surface area contributed by atoms with Gasteiger partial charge in [-0.3, -0.25) is 0 Å². The first-order valence-electron chi connectivity index (χ1n) is 9.00. The molecule has 0 bridgehead atoms. The Hall–Kier alpha value is -2.83. The third kappa shape index (κ3) is 3.41. The summed E-state index contributed by atoms with van der Waals surface area (Å²) in [6.07, 6.45) is 0.916. The standard InChI is InChI=1S/C24H20O2S/c25-27(26,23-16-8-3-9-17-23)18-10-15-22-19-24(22,20-11-4-1-5-12-20)21-13-6-2-7-14-21/h1-9,11-14,16-17,22H,18-19H2/t22-/m0/s1. The quantitative estimate of drug-likeness (QED) is 0.633. The van der Waals surface area contributed by atoms with E-state index in [0.717, 1.165) is 6.42 Å². The Morgan fingerprint density at radius 2 is 1.26 bits per heavy atom. The maximum Gasteiger partial charge on any atom is 0.189 e. The Bertz CT molecular complexity index is 1040. The summed E-state index contributed by atoms with van der Waals surface area (Å²) >= 11 is 0. The molecule has 0 aromatic heterocycles. The van der Waals surface area contributed by atoms with E-state index in [2.05, 4.69) is 36.1 Å². The Morgan fingerprint density at radius 3 is 1.78 bits per heavy atom. The summed E-state index contributed by atoms with van der Waals surface area (Å²) in [6.45, 7) is 0. The third-order valence-corrected chi connectivity index (χ3v) is 6.69. The first-order valence-corrected chi connectivity index (χ1v) is 10.7. The van der Waals surface area contributed by atoms with Gasteiger partial charge in [0.25, 0.3) is 0 Å². The zero-order valence-corrected chi connectivity index (χ0v) is 15.7. The topological polar surface area (TPSA) is 34.1 Å². The van der Waals surface area contributed by atoms with Crippen molar-refractivity contribution < 1.29 is 8.42 Å². The molecular weight excluding hydrogens is 352 g/mol. The summed E-state index contributed by atoms with van der Waals surface area (Å²) in [5, 5.41) is 0. The van der Waals surface area contributed by atoms with Crippen LogP contribution in [0.15, 0.2) is 95.9 Å². The van der Waals surface area contributed by atoms with Crippen molar-refractivity contribution in [2.75, 3.05) is 5.75 Å². The summed E-state index contributed by atoms with van der Waals surface area (Å²) in [5.74, 6) is 6.17. The predicted octanol–water partition coefficient (Wildman–Crippen LogP) is 4.47. The molecule has 0 amide bonds. The SMILES string of the molecule is O=S(=O)(CC#C[C@H]1CC1(c1ccccc1)c1ccccc1)c1ccccc1. The summed E-state index contributed by atoms with van der Waals surface area (Å²) in [4.78, 5) is 0.326. The van der Waals surface area contributed by atoms with E-state index < -0.39 is 9.84 Å². The number of hydrogen-bond donors (Lipinski definition) is 0. The Balaban J connectivity index is 1.60. The highest BCUT2D eigenvalue weighted by atomic mass is 32.2. The summed E-state index contributed by atoms with van der Waals surface area (Å²) < 4.78 is 24.9. The number of hydrogen-bond acceptors (Lipinski definition) is 2. The van der Waals surface area contributed by atoms with Crippen LogP contribution in [0.4, 0.5) is 0 Å². The number of benzene rings is 3. The molecule has 3 heteroatoms. The van der Waals surface area contributed by atoms with Crippen molar-refractivity contribution in [3.05, 3.63) is 102 Å². The molecule has 1 atom stereocenters. The predicted molar refractivity (Wildman–Crippen MR) is 108 cm³/mol. The first kappa shape index (κ1) is 17.6. The monoisotopic (exact) mass is 372 g/mol. The van der Waals surface area contributed by atoms with Crippen molar-refractivity contribution in [2.24, 2.45) is 5.92 Å². The van der Waals surface area contributed by atoms with E-state index in [1.54, 1.807) is 24.3 Å². The smallest absolute Gasteiger partial charge is 0.189 e. The molecule has 1 aliphatic rings. The second-order valence-corrected chi connectivity index (χ2v) is 8.84. The maximum atomic E-state index is 12.4. The Morgan fingerprint density at radius 1 is 0.778 bits per heavy atom. The third-order valence-electron chi connectivity index (χ3n) is 5.18. The van der Waals surface area contributed by atoms with Crippen LogP contribution < -0.4 is 0 Å². The van der Waals surface area contributed by atoms with Gasteiger partial charge >= 0.3 is 0 Å². The van der Waals surface area contributed by atoms with Gasteiger partial charge in [-0.05, 0) is 29.7 Å². The summed E-state index contributed by atoms with van der Waals surface area (Å²) in [5.41, 5.74) is 2.34. The lowest BCUT2D eigenvalue weighted by molar-refractivity contribution is 0.599. The van der Waals surface area contributed by atoms with Crippen molar-refractivity contribution in [1.82, 2.24) is 0 Å². The lowest BCUT2D eigenvalue weighted by Gasteiger charge is -2.17. The van der Waals surface area contributed by atoms with Gasteiger partial charge in [0.1, 0.15) is 5.75 Å². The average molecular weight is 372 g/mol. The molecule has 0 saturated heterocycles. The van der Waals surface area contributed by atoms with Gasteiger partial charge in [-0.1, -0.05) is 90.7 Å². The lowest BCUT2D eigenvalue weighted by atomic mass is 9.86. The van der Waals surface area contributed by atoms with Crippen LogP contribution in [0.5, 0.6) is 0 Å². The van der Waals surface area contributed by atoms with Crippen LogP contribution in [-0.2, 0) is 15.3 Å². The molecule has 3 aromatic carbocycles. The Labute approximate surface area is 160 Å². The minimum absolute atomic E-state index is 0.133. The average Bonchev–Trinajstić information content (AvgIpc) is 3.45. The van der Waals surface area contributed by atoms with Crippen LogP contribution in [-0.4, -0.2) is 14.2 Å². The second kappa shape index (κ2) is 7.06. The molecule has 4 rings (SSSR count). The highest BCUT2D eigenvalue weighted by Crippen LogP contribution is 2.58. The van der Waals surface area contributed by atoms with E-state index >= 15 is 0 Å². The van der Waals surface area contributed by atoms with Crippen molar-refractivity contribution in [2.45, 2.75) is 16.7 Å². The van der Waals surface area contributed by atoms with Crippen molar-refractivity contribution in [3.8, 4) is 11.8 Å². The lowest BCUT2D eigenvalue weighted by Crippen LogP contribution is -2.12. The highest BCUT2D eigenvalue weighted by molar-refractivity contribution is 7.91. The van der Waals surface area contributed by atoms with Crippen molar-refractivity contribution >= 4 is 9.84 Å². The fourth-order valence-electron chi connectivity index (χ4n) is 3.68. The molecule has 0 unspecified atom stereocenters. The zero-order chi connectivity index (χ0) is 18.7.